The Hall–Kier alpha value is -3.61. The van der Waals surface area contributed by atoms with Crippen LogP contribution in [0.25, 0.3) is 5.65 Å². The van der Waals surface area contributed by atoms with E-state index in [1.165, 1.54) is 0 Å². The zero-order valence-corrected chi connectivity index (χ0v) is 16.0. The summed E-state index contributed by atoms with van der Waals surface area (Å²) < 4.78 is 9.03. The number of carbonyl (C=O) groups is 1. The molecule has 1 N–H and O–H groups in total. The van der Waals surface area contributed by atoms with Crippen molar-refractivity contribution in [1.82, 2.24) is 24.3 Å². The van der Waals surface area contributed by atoms with Crippen molar-refractivity contribution in [2.75, 3.05) is 7.11 Å². The lowest BCUT2D eigenvalue weighted by Crippen LogP contribution is -2.31. The first kappa shape index (κ1) is 17.8. The fourth-order valence-corrected chi connectivity index (χ4v) is 3.21. The largest absolute Gasteiger partial charge is 0.497 e. The van der Waals surface area contributed by atoms with E-state index >= 15 is 0 Å². The molecule has 4 aromatic rings. The number of pyridine rings is 1. The summed E-state index contributed by atoms with van der Waals surface area (Å²) in [6, 6.07) is 12.9. The SMILES string of the molecule is COc1ccc([C@H](NC(=O)c2cn3c(C)cccc3n2)c2nccn2C)cc1. The zero-order chi connectivity index (χ0) is 19.7. The van der Waals surface area contributed by atoms with E-state index in [-0.39, 0.29) is 5.91 Å². The molecule has 7 heteroatoms. The van der Waals surface area contributed by atoms with Gasteiger partial charge in [0.2, 0.25) is 0 Å². The molecule has 0 unspecified atom stereocenters. The lowest BCUT2D eigenvalue weighted by molar-refractivity contribution is 0.0936. The van der Waals surface area contributed by atoms with Crippen LogP contribution in [0.15, 0.2) is 61.1 Å². The van der Waals surface area contributed by atoms with E-state index in [0.29, 0.717) is 5.69 Å². The van der Waals surface area contributed by atoms with Gasteiger partial charge in [-0.1, -0.05) is 18.2 Å². The molecule has 0 spiro atoms. The number of fused-ring (bicyclic) bond motifs is 1. The topological polar surface area (TPSA) is 73.4 Å². The molecule has 3 heterocycles. The van der Waals surface area contributed by atoms with E-state index < -0.39 is 6.04 Å². The molecule has 1 amide bonds. The summed E-state index contributed by atoms with van der Waals surface area (Å²) in [5, 5.41) is 3.07. The minimum Gasteiger partial charge on any atom is -0.497 e. The van der Waals surface area contributed by atoms with Crippen LogP contribution < -0.4 is 10.1 Å². The van der Waals surface area contributed by atoms with Crippen LogP contribution in [0.5, 0.6) is 5.75 Å². The number of aryl methyl sites for hydroxylation is 2. The normalized spacial score (nSPS) is 12.1. The number of amides is 1. The number of methoxy groups -OCH3 is 1. The number of ether oxygens (including phenoxy) is 1. The first-order valence-corrected chi connectivity index (χ1v) is 8.93. The zero-order valence-electron chi connectivity index (χ0n) is 16.0. The van der Waals surface area contributed by atoms with Crippen LogP contribution in [0, 0.1) is 6.92 Å². The van der Waals surface area contributed by atoms with Gasteiger partial charge in [0.25, 0.3) is 5.91 Å². The molecular formula is C21H21N5O2. The highest BCUT2D eigenvalue weighted by molar-refractivity contribution is 5.93. The third-order valence-electron chi connectivity index (χ3n) is 4.77. The van der Waals surface area contributed by atoms with Crippen LogP contribution in [0.1, 0.15) is 33.6 Å². The number of carbonyl (C=O) groups excluding carboxylic acids is 1. The maximum atomic E-state index is 13.0. The number of hydrogen-bond acceptors (Lipinski definition) is 4. The molecule has 0 fully saturated rings. The van der Waals surface area contributed by atoms with Crippen molar-refractivity contribution in [3.63, 3.8) is 0 Å². The maximum absolute atomic E-state index is 13.0. The van der Waals surface area contributed by atoms with Crippen LogP contribution in [0.2, 0.25) is 0 Å². The third kappa shape index (κ3) is 3.22. The Morgan fingerprint density at radius 1 is 1.18 bits per heavy atom. The Morgan fingerprint density at radius 2 is 1.96 bits per heavy atom. The van der Waals surface area contributed by atoms with Gasteiger partial charge in [-0.25, -0.2) is 9.97 Å². The highest BCUT2D eigenvalue weighted by Crippen LogP contribution is 2.23. The number of benzene rings is 1. The van der Waals surface area contributed by atoms with Gasteiger partial charge in [-0.3, -0.25) is 4.79 Å². The average Bonchev–Trinajstić information content (AvgIpc) is 3.33. The summed E-state index contributed by atoms with van der Waals surface area (Å²) in [4.78, 5) is 21.9. The van der Waals surface area contributed by atoms with Crippen molar-refractivity contribution in [2.24, 2.45) is 7.05 Å². The van der Waals surface area contributed by atoms with E-state index in [4.69, 9.17) is 4.74 Å². The van der Waals surface area contributed by atoms with Crippen molar-refractivity contribution in [3.05, 3.63) is 83.8 Å². The molecule has 4 rings (SSSR count). The van der Waals surface area contributed by atoms with Crippen molar-refractivity contribution >= 4 is 11.6 Å². The predicted octanol–water partition coefficient (Wildman–Crippen LogP) is 2.90. The van der Waals surface area contributed by atoms with E-state index in [1.807, 2.05) is 71.6 Å². The van der Waals surface area contributed by atoms with E-state index in [9.17, 15) is 4.79 Å². The van der Waals surface area contributed by atoms with Gasteiger partial charge in [0, 0.05) is 31.3 Å². The van der Waals surface area contributed by atoms with E-state index in [1.54, 1.807) is 19.5 Å². The second-order valence-corrected chi connectivity index (χ2v) is 6.60. The number of rotatable bonds is 5. The first-order chi connectivity index (χ1) is 13.6. The summed E-state index contributed by atoms with van der Waals surface area (Å²) >= 11 is 0. The minimum absolute atomic E-state index is 0.257. The molecule has 28 heavy (non-hydrogen) atoms. The van der Waals surface area contributed by atoms with Gasteiger partial charge in [-0.05, 0) is 36.8 Å². The highest BCUT2D eigenvalue weighted by atomic mass is 16.5. The molecule has 0 saturated carbocycles. The fraction of sp³-hybridized carbons (Fsp3) is 0.190. The quantitative estimate of drug-likeness (QED) is 0.582. The third-order valence-corrected chi connectivity index (χ3v) is 4.77. The van der Waals surface area contributed by atoms with Gasteiger partial charge in [-0.15, -0.1) is 0 Å². The Balaban J connectivity index is 1.69. The number of hydrogen-bond donors (Lipinski definition) is 1. The molecule has 3 aromatic heterocycles. The molecule has 7 nitrogen and oxygen atoms in total. The molecule has 0 bridgehead atoms. The van der Waals surface area contributed by atoms with Gasteiger partial charge in [0.1, 0.15) is 29.0 Å². The van der Waals surface area contributed by atoms with E-state index in [0.717, 1.165) is 28.5 Å². The van der Waals surface area contributed by atoms with Crippen molar-refractivity contribution in [2.45, 2.75) is 13.0 Å². The Labute approximate surface area is 162 Å². The summed E-state index contributed by atoms with van der Waals surface area (Å²) in [5.74, 6) is 1.23. The van der Waals surface area contributed by atoms with Gasteiger partial charge in [-0.2, -0.15) is 0 Å². The maximum Gasteiger partial charge on any atom is 0.272 e. The first-order valence-electron chi connectivity index (χ1n) is 8.93. The average molecular weight is 375 g/mol. The molecule has 0 aliphatic heterocycles. The van der Waals surface area contributed by atoms with Gasteiger partial charge in [0.05, 0.1) is 7.11 Å². The Kier molecular flexibility index (Phi) is 4.57. The summed E-state index contributed by atoms with van der Waals surface area (Å²) in [6.07, 6.45) is 5.32. The smallest absolute Gasteiger partial charge is 0.272 e. The van der Waals surface area contributed by atoms with E-state index in [2.05, 4.69) is 15.3 Å². The molecule has 0 aliphatic rings. The van der Waals surface area contributed by atoms with Crippen LogP contribution in [-0.2, 0) is 7.05 Å². The fourth-order valence-electron chi connectivity index (χ4n) is 3.21. The lowest BCUT2D eigenvalue weighted by Gasteiger charge is -2.19. The molecule has 0 radical (unpaired) electrons. The molecular weight excluding hydrogens is 354 g/mol. The number of imidazole rings is 2. The monoisotopic (exact) mass is 375 g/mol. The van der Waals surface area contributed by atoms with Crippen LogP contribution in [0.3, 0.4) is 0 Å². The van der Waals surface area contributed by atoms with Gasteiger partial charge >= 0.3 is 0 Å². The lowest BCUT2D eigenvalue weighted by atomic mass is 10.1. The summed E-state index contributed by atoms with van der Waals surface area (Å²) in [6.45, 7) is 1.98. The molecule has 0 aliphatic carbocycles. The van der Waals surface area contributed by atoms with Gasteiger partial charge in [0.15, 0.2) is 0 Å². The molecule has 1 atom stereocenters. The van der Waals surface area contributed by atoms with Crippen molar-refractivity contribution in [3.8, 4) is 5.75 Å². The number of aromatic nitrogens is 4. The Morgan fingerprint density at radius 3 is 2.61 bits per heavy atom. The van der Waals surface area contributed by atoms with Gasteiger partial charge < -0.3 is 19.0 Å². The van der Waals surface area contributed by atoms with Crippen LogP contribution in [-0.4, -0.2) is 32.0 Å². The second-order valence-electron chi connectivity index (χ2n) is 6.60. The van der Waals surface area contributed by atoms with Crippen LogP contribution >= 0.6 is 0 Å². The second kappa shape index (κ2) is 7.19. The standard InChI is InChI=1S/C21H21N5O2/c1-14-5-4-6-18-23-17(13-26(14)18)21(27)24-19(20-22-11-12-25(20)2)15-7-9-16(28-3)10-8-15/h4-13,19H,1-3H3,(H,24,27)/t19-/m0/s1. The van der Waals surface area contributed by atoms with Crippen molar-refractivity contribution < 1.29 is 9.53 Å². The molecule has 0 saturated heterocycles. The highest BCUT2D eigenvalue weighted by Gasteiger charge is 2.23. The number of nitrogens with one attached hydrogen (secondary N) is 1. The predicted molar refractivity (Wildman–Crippen MR) is 105 cm³/mol. The molecule has 142 valence electrons. The summed E-state index contributed by atoms with van der Waals surface area (Å²) in [7, 11) is 3.53. The van der Waals surface area contributed by atoms with Crippen LogP contribution in [0.4, 0.5) is 0 Å². The summed E-state index contributed by atoms with van der Waals surface area (Å²) in [5.41, 5.74) is 3.02. The molecule has 1 aromatic carbocycles. The number of nitrogens with zero attached hydrogens (tertiary/aromatic N) is 4. The minimum atomic E-state index is -0.413. The van der Waals surface area contributed by atoms with Crippen molar-refractivity contribution in [1.29, 1.82) is 0 Å². The Bertz CT molecular complexity index is 1130.